The molecule has 7 nitrogen and oxygen atoms in total. The summed E-state index contributed by atoms with van der Waals surface area (Å²) < 4.78 is 53.4. The summed E-state index contributed by atoms with van der Waals surface area (Å²) >= 11 is 0. The molecular weight excluding hydrogens is 438 g/mol. The van der Waals surface area contributed by atoms with Gasteiger partial charge < -0.3 is 10.3 Å². The number of carbonyl (C=O) groups excluding carboxylic acids is 1. The van der Waals surface area contributed by atoms with Crippen molar-refractivity contribution >= 4 is 32.7 Å². The number of hydrogen-bond acceptors (Lipinski definition) is 4. The van der Waals surface area contributed by atoms with Crippen molar-refractivity contribution in [3.8, 4) is 0 Å². The number of fused-ring (bicyclic) bond motifs is 1. The molecule has 0 aliphatic heterocycles. The van der Waals surface area contributed by atoms with E-state index < -0.39 is 26.6 Å². The molecule has 0 saturated heterocycles. The second kappa shape index (κ2) is 8.39. The zero-order chi connectivity index (χ0) is 22.9. The highest BCUT2D eigenvalue weighted by molar-refractivity contribution is 7.92. The topological polar surface area (TPSA) is 104 Å². The number of aromatic amines is 1. The summed E-state index contributed by atoms with van der Waals surface area (Å²) in [7, 11) is -4.12. The van der Waals surface area contributed by atoms with E-state index in [-0.39, 0.29) is 17.6 Å². The number of nitrogens with one attached hydrogen (secondary N) is 3. The molecule has 3 aromatic carbocycles. The fourth-order valence-electron chi connectivity index (χ4n) is 3.07. The summed E-state index contributed by atoms with van der Waals surface area (Å²) in [5.74, 6) is -2.17. The maximum atomic E-state index is 13.4. The molecule has 1 atom stereocenters. The van der Waals surface area contributed by atoms with Crippen molar-refractivity contribution in [3.05, 3.63) is 89.8 Å². The van der Waals surface area contributed by atoms with Crippen LogP contribution < -0.4 is 10.0 Å². The van der Waals surface area contributed by atoms with E-state index in [1.54, 1.807) is 6.92 Å². The molecule has 1 unspecified atom stereocenters. The molecule has 164 valence electrons. The molecular formula is C22H18F2N4O3S. The van der Waals surface area contributed by atoms with Gasteiger partial charge in [-0.1, -0.05) is 12.1 Å². The molecule has 0 aliphatic rings. The number of nitrogens with zero attached hydrogens (tertiary/aromatic N) is 1. The van der Waals surface area contributed by atoms with Crippen LogP contribution in [-0.2, 0) is 10.0 Å². The first-order valence-corrected chi connectivity index (χ1v) is 11.0. The summed E-state index contributed by atoms with van der Waals surface area (Å²) in [5.41, 5.74) is 2.13. The Hall–Kier alpha value is -3.79. The van der Waals surface area contributed by atoms with Gasteiger partial charge in [0.1, 0.15) is 5.82 Å². The smallest absolute Gasteiger partial charge is 0.261 e. The van der Waals surface area contributed by atoms with Gasteiger partial charge in [0, 0.05) is 11.3 Å². The van der Waals surface area contributed by atoms with Crippen LogP contribution in [0, 0.1) is 11.6 Å². The number of H-pyrrole nitrogens is 1. The van der Waals surface area contributed by atoms with Gasteiger partial charge in [-0.15, -0.1) is 0 Å². The van der Waals surface area contributed by atoms with Gasteiger partial charge in [-0.3, -0.25) is 9.52 Å². The van der Waals surface area contributed by atoms with Gasteiger partial charge in [-0.05, 0) is 61.5 Å². The van der Waals surface area contributed by atoms with Crippen molar-refractivity contribution in [2.75, 3.05) is 4.72 Å². The average Bonchev–Trinajstić information content (AvgIpc) is 3.20. The van der Waals surface area contributed by atoms with E-state index >= 15 is 0 Å². The fraction of sp³-hybridized carbons (Fsp3) is 0.0909. The molecule has 4 aromatic rings. The molecule has 10 heteroatoms. The highest BCUT2D eigenvalue weighted by Crippen LogP contribution is 2.20. The summed E-state index contributed by atoms with van der Waals surface area (Å²) in [4.78, 5) is 19.8. The van der Waals surface area contributed by atoms with E-state index in [0.717, 1.165) is 23.2 Å². The monoisotopic (exact) mass is 456 g/mol. The predicted octanol–water partition coefficient (Wildman–Crippen LogP) is 4.13. The molecule has 32 heavy (non-hydrogen) atoms. The number of rotatable bonds is 6. The second-order valence-electron chi connectivity index (χ2n) is 7.09. The zero-order valence-corrected chi connectivity index (χ0v) is 17.6. The number of imidazole rings is 1. The van der Waals surface area contributed by atoms with Crippen LogP contribution in [0.2, 0.25) is 0 Å². The third kappa shape index (κ3) is 4.45. The first-order chi connectivity index (χ1) is 15.2. The Morgan fingerprint density at radius 1 is 1.00 bits per heavy atom. The van der Waals surface area contributed by atoms with Gasteiger partial charge in [-0.25, -0.2) is 22.2 Å². The molecule has 4 rings (SSSR count). The summed E-state index contributed by atoms with van der Waals surface area (Å²) in [6, 6.07) is 15.1. The number of sulfonamides is 1. The number of anilines is 1. The third-order valence-corrected chi connectivity index (χ3v) is 6.15. The van der Waals surface area contributed by atoms with Crippen molar-refractivity contribution in [3.63, 3.8) is 0 Å². The minimum absolute atomic E-state index is 0.164. The van der Waals surface area contributed by atoms with Crippen molar-refractivity contribution in [2.45, 2.75) is 17.9 Å². The minimum Gasteiger partial charge on any atom is -0.342 e. The highest BCUT2D eigenvalue weighted by Gasteiger charge is 2.18. The van der Waals surface area contributed by atoms with Crippen LogP contribution >= 0.6 is 0 Å². The van der Waals surface area contributed by atoms with Gasteiger partial charge in [0.25, 0.3) is 15.9 Å². The van der Waals surface area contributed by atoms with Gasteiger partial charge >= 0.3 is 0 Å². The number of para-hydroxylation sites is 2. The third-order valence-electron chi connectivity index (χ3n) is 4.77. The Morgan fingerprint density at radius 2 is 1.72 bits per heavy atom. The lowest BCUT2D eigenvalue weighted by atomic mass is 10.2. The average molecular weight is 456 g/mol. The lowest BCUT2D eigenvalue weighted by Crippen LogP contribution is -2.27. The summed E-state index contributed by atoms with van der Waals surface area (Å²) in [6.45, 7) is 1.79. The van der Waals surface area contributed by atoms with Gasteiger partial charge in [0.2, 0.25) is 0 Å². The van der Waals surface area contributed by atoms with Crippen molar-refractivity contribution in [1.29, 1.82) is 0 Å². The second-order valence-corrected chi connectivity index (χ2v) is 8.78. The van der Waals surface area contributed by atoms with Crippen LogP contribution in [0.1, 0.15) is 29.1 Å². The van der Waals surface area contributed by atoms with E-state index in [9.17, 15) is 22.0 Å². The first kappa shape index (κ1) is 21.4. The van der Waals surface area contributed by atoms with Gasteiger partial charge in [0.05, 0.1) is 22.0 Å². The molecule has 0 spiro atoms. The first-order valence-electron chi connectivity index (χ1n) is 9.56. The van der Waals surface area contributed by atoms with E-state index in [2.05, 4.69) is 20.0 Å². The highest BCUT2D eigenvalue weighted by atomic mass is 32.2. The summed E-state index contributed by atoms with van der Waals surface area (Å²) in [5, 5.41) is 2.83. The van der Waals surface area contributed by atoms with Crippen LogP contribution in [0.3, 0.4) is 0 Å². The Labute approximate surface area is 182 Å². The number of hydrogen-bond donors (Lipinski definition) is 3. The van der Waals surface area contributed by atoms with Crippen LogP contribution in [-0.4, -0.2) is 24.3 Å². The molecule has 1 aromatic heterocycles. The van der Waals surface area contributed by atoms with Crippen LogP contribution in [0.4, 0.5) is 14.5 Å². The Bertz CT molecular complexity index is 1370. The lowest BCUT2D eigenvalue weighted by Gasteiger charge is -2.12. The number of benzene rings is 3. The number of carbonyl (C=O) groups is 1. The van der Waals surface area contributed by atoms with Crippen LogP contribution in [0.15, 0.2) is 71.6 Å². The predicted molar refractivity (Wildman–Crippen MR) is 116 cm³/mol. The number of amides is 1. The molecule has 0 radical (unpaired) electrons. The maximum Gasteiger partial charge on any atom is 0.261 e. The molecule has 1 amide bonds. The van der Waals surface area contributed by atoms with E-state index in [0.29, 0.717) is 17.5 Å². The molecule has 0 fully saturated rings. The minimum atomic E-state index is -4.12. The molecule has 1 heterocycles. The lowest BCUT2D eigenvalue weighted by molar-refractivity contribution is 0.0938. The van der Waals surface area contributed by atoms with Crippen molar-refractivity contribution in [2.24, 2.45) is 0 Å². The normalized spacial score (nSPS) is 12.5. The van der Waals surface area contributed by atoms with Crippen molar-refractivity contribution in [1.82, 2.24) is 15.3 Å². The quantitative estimate of drug-likeness (QED) is 0.406. The van der Waals surface area contributed by atoms with Crippen LogP contribution in [0.5, 0.6) is 0 Å². The number of aromatic nitrogens is 2. The standard InChI is InChI=1S/C22H18F2N4O3S/c1-13(21-26-19-4-2-3-5-20(19)27-21)25-22(29)14-6-8-15(9-7-14)28-32(30,31)16-10-11-17(23)18(24)12-16/h2-13,28H,1H3,(H,25,29)(H,26,27). The van der Waals surface area contributed by atoms with Crippen LogP contribution in [0.25, 0.3) is 11.0 Å². The Kier molecular flexibility index (Phi) is 5.62. The molecule has 0 saturated carbocycles. The van der Waals surface area contributed by atoms with E-state index in [1.807, 2.05) is 24.3 Å². The molecule has 3 N–H and O–H groups in total. The maximum absolute atomic E-state index is 13.4. The van der Waals surface area contributed by atoms with Crippen molar-refractivity contribution < 1.29 is 22.0 Å². The molecule has 0 aliphatic carbocycles. The van der Waals surface area contributed by atoms with Gasteiger partial charge in [0.15, 0.2) is 11.6 Å². The zero-order valence-electron chi connectivity index (χ0n) is 16.8. The van der Waals surface area contributed by atoms with E-state index in [4.69, 9.17) is 0 Å². The van der Waals surface area contributed by atoms with Gasteiger partial charge in [-0.2, -0.15) is 0 Å². The number of halogens is 2. The Morgan fingerprint density at radius 3 is 2.41 bits per heavy atom. The largest absolute Gasteiger partial charge is 0.342 e. The Balaban J connectivity index is 1.44. The fourth-order valence-corrected chi connectivity index (χ4v) is 4.14. The SMILES string of the molecule is CC(NC(=O)c1ccc(NS(=O)(=O)c2ccc(F)c(F)c2)cc1)c1nc2ccccc2[nH]1. The summed E-state index contributed by atoms with van der Waals surface area (Å²) in [6.07, 6.45) is 0. The molecule has 0 bridgehead atoms. The van der Waals surface area contributed by atoms with E-state index in [1.165, 1.54) is 24.3 Å².